The smallest absolute Gasteiger partial charge is 0.149 e. The van der Waals surface area contributed by atoms with Crippen LogP contribution in [0.25, 0.3) is 0 Å². The molecule has 0 aliphatic heterocycles. The molecule has 0 aromatic carbocycles. The first-order chi connectivity index (χ1) is 6.19. The number of nitrogens with zero attached hydrogens (tertiary/aromatic N) is 2. The summed E-state index contributed by atoms with van der Waals surface area (Å²) in [6.07, 6.45) is 0.617. The summed E-state index contributed by atoms with van der Waals surface area (Å²) in [6.45, 7) is 2.24. The van der Waals surface area contributed by atoms with Crippen LogP contribution in [0.5, 0.6) is 0 Å². The summed E-state index contributed by atoms with van der Waals surface area (Å²) in [7, 11) is 0. The summed E-state index contributed by atoms with van der Waals surface area (Å²) >= 11 is 0. The second kappa shape index (κ2) is 4.01. The summed E-state index contributed by atoms with van der Waals surface area (Å²) in [5.41, 5.74) is 14.3. The van der Waals surface area contributed by atoms with E-state index in [1.54, 1.807) is 6.92 Å². The van der Waals surface area contributed by atoms with E-state index in [1.165, 1.54) is 0 Å². The number of nitrogen functional groups attached to an aromatic ring is 2. The molecule has 0 radical (unpaired) electrons. The Morgan fingerprint density at radius 1 is 1.38 bits per heavy atom. The normalized spacial score (nSPS) is 10.1. The van der Waals surface area contributed by atoms with Gasteiger partial charge in [0.2, 0.25) is 0 Å². The van der Waals surface area contributed by atoms with Gasteiger partial charge in [0.1, 0.15) is 17.5 Å². The van der Waals surface area contributed by atoms with Crippen molar-refractivity contribution in [1.82, 2.24) is 9.97 Å². The Balaban J connectivity index is 3.13. The van der Waals surface area contributed by atoms with E-state index in [1.807, 2.05) is 0 Å². The van der Waals surface area contributed by atoms with E-state index in [0.717, 1.165) is 5.56 Å². The molecule has 1 heterocycles. The van der Waals surface area contributed by atoms with Crippen LogP contribution in [0.4, 0.5) is 11.6 Å². The van der Waals surface area contributed by atoms with Crippen LogP contribution in [0.2, 0.25) is 0 Å². The molecule has 0 saturated heterocycles. The highest BCUT2D eigenvalue weighted by atomic mass is 15.3. The van der Waals surface area contributed by atoms with Gasteiger partial charge in [-0.25, -0.2) is 15.8 Å². The number of nitrogens with one attached hydrogen (secondary N) is 1. The van der Waals surface area contributed by atoms with Gasteiger partial charge in [-0.3, -0.25) is 0 Å². The van der Waals surface area contributed by atoms with E-state index in [4.69, 9.17) is 17.3 Å². The van der Waals surface area contributed by atoms with Crippen molar-refractivity contribution >= 4 is 11.6 Å². The van der Waals surface area contributed by atoms with Gasteiger partial charge in [0, 0.05) is 5.56 Å². The zero-order valence-corrected chi connectivity index (χ0v) is 7.54. The van der Waals surface area contributed by atoms with Crippen LogP contribution in [-0.4, -0.2) is 16.5 Å². The molecule has 0 spiro atoms. The fraction of sp³-hybridized carbons (Fsp3) is 0.429. The van der Waals surface area contributed by atoms with Crippen LogP contribution < -0.4 is 22.7 Å². The highest BCUT2D eigenvalue weighted by molar-refractivity contribution is 5.55. The van der Waals surface area contributed by atoms with E-state index < -0.39 is 0 Å². The average molecular weight is 182 g/mol. The highest BCUT2D eigenvalue weighted by Crippen LogP contribution is 2.17. The van der Waals surface area contributed by atoms with Gasteiger partial charge >= 0.3 is 0 Å². The zero-order chi connectivity index (χ0) is 9.84. The first kappa shape index (κ1) is 9.69. The van der Waals surface area contributed by atoms with Crippen molar-refractivity contribution in [3.63, 3.8) is 0 Å². The predicted octanol–water partition coefficient (Wildman–Crippen LogP) is -0.846. The van der Waals surface area contributed by atoms with Gasteiger partial charge in [-0.05, 0) is 19.9 Å². The molecule has 6 nitrogen and oxygen atoms in total. The summed E-state index contributed by atoms with van der Waals surface area (Å²) in [6, 6.07) is 0. The Kier molecular flexibility index (Phi) is 2.99. The van der Waals surface area contributed by atoms with E-state index in [-0.39, 0.29) is 0 Å². The number of hydrogen-bond acceptors (Lipinski definition) is 6. The summed E-state index contributed by atoms with van der Waals surface area (Å²) < 4.78 is 0. The monoisotopic (exact) mass is 182 g/mol. The topological polar surface area (TPSA) is 116 Å². The standard InChI is InChI=1S/C7H14N6/c1-4-11-6(9)5(2-3-8)7(12-4)13-10/h2-3,8,10H2,1H3,(H3,9,11,12,13). The molecule has 0 unspecified atom stereocenters. The van der Waals surface area contributed by atoms with Crippen molar-refractivity contribution < 1.29 is 0 Å². The molecule has 13 heavy (non-hydrogen) atoms. The van der Waals surface area contributed by atoms with Crippen LogP contribution in [0.3, 0.4) is 0 Å². The van der Waals surface area contributed by atoms with Crippen molar-refractivity contribution in [2.24, 2.45) is 11.6 Å². The van der Waals surface area contributed by atoms with Gasteiger partial charge in [0.05, 0.1) is 0 Å². The molecule has 6 heteroatoms. The van der Waals surface area contributed by atoms with Gasteiger partial charge in [-0.2, -0.15) is 0 Å². The lowest BCUT2D eigenvalue weighted by atomic mass is 10.2. The van der Waals surface area contributed by atoms with Gasteiger partial charge in [0.25, 0.3) is 0 Å². The first-order valence-corrected chi connectivity index (χ1v) is 3.98. The van der Waals surface area contributed by atoms with E-state index in [2.05, 4.69) is 15.4 Å². The quantitative estimate of drug-likeness (QED) is 0.357. The molecule has 0 bridgehead atoms. The molecule has 0 aliphatic rings. The maximum atomic E-state index is 5.68. The molecule has 7 N–H and O–H groups in total. The number of anilines is 2. The number of aryl methyl sites for hydroxylation is 1. The number of hydrogen-bond donors (Lipinski definition) is 4. The lowest BCUT2D eigenvalue weighted by molar-refractivity contribution is 0.929. The van der Waals surface area contributed by atoms with Gasteiger partial charge in [0.15, 0.2) is 0 Å². The lowest BCUT2D eigenvalue weighted by Crippen LogP contribution is -2.16. The molecule has 1 rings (SSSR count). The molecular weight excluding hydrogens is 168 g/mol. The Bertz CT molecular complexity index is 297. The van der Waals surface area contributed by atoms with Crippen molar-refractivity contribution in [3.05, 3.63) is 11.4 Å². The minimum atomic E-state index is 0.436. The summed E-state index contributed by atoms with van der Waals surface area (Å²) in [4.78, 5) is 8.10. The fourth-order valence-corrected chi connectivity index (χ4v) is 1.13. The summed E-state index contributed by atoms with van der Waals surface area (Å²) in [5, 5.41) is 0. The Morgan fingerprint density at radius 2 is 2.08 bits per heavy atom. The van der Waals surface area contributed by atoms with E-state index in [0.29, 0.717) is 30.4 Å². The first-order valence-electron chi connectivity index (χ1n) is 3.98. The number of aromatic nitrogens is 2. The molecule has 72 valence electrons. The van der Waals surface area contributed by atoms with Crippen molar-refractivity contribution in [1.29, 1.82) is 0 Å². The Labute approximate surface area is 76.5 Å². The number of hydrazine groups is 1. The third-order valence-electron chi connectivity index (χ3n) is 1.68. The molecule has 0 fully saturated rings. The minimum absolute atomic E-state index is 0.436. The third kappa shape index (κ3) is 2.04. The van der Waals surface area contributed by atoms with Crippen LogP contribution in [0.15, 0.2) is 0 Å². The van der Waals surface area contributed by atoms with Crippen molar-refractivity contribution in [2.45, 2.75) is 13.3 Å². The maximum Gasteiger partial charge on any atom is 0.149 e. The van der Waals surface area contributed by atoms with E-state index in [9.17, 15) is 0 Å². The van der Waals surface area contributed by atoms with Gasteiger partial charge in [-0.1, -0.05) is 0 Å². The molecule has 0 amide bonds. The Hall–Kier alpha value is -1.40. The minimum Gasteiger partial charge on any atom is -0.383 e. The molecule has 1 aromatic heterocycles. The SMILES string of the molecule is Cc1nc(N)c(CCN)c(NN)n1. The van der Waals surface area contributed by atoms with Crippen LogP contribution in [0, 0.1) is 6.92 Å². The highest BCUT2D eigenvalue weighted by Gasteiger charge is 2.08. The molecule has 0 saturated carbocycles. The van der Waals surface area contributed by atoms with Crippen LogP contribution in [-0.2, 0) is 6.42 Å². The average Bonchev–Trinajstić information content (AvgIpc) is 2.09. The largest absolute Gasteiger partial charge is 0.383 e. The second-order valence-corrected chi connectivity index (χ2v) is 2.67. The summed E-state index contributed by atoms with van der Waals surface area (Å²) in [5.74, 6) is 6.86. The number of nitrogens with two attached hydrogens (primary N) is 3. The molecule has 0 atom stereocenters. The second-order valence-electron chi connectivity index (χ2n) is 2.67. The zero-order valence-electron chi connectivity index (χ0n) is 7.54. The maximum absolute atomic E-state index is 5.68. The van der Waals surface area contributed by atoms with Gasteiger partial charge < -0.3 is 16.9 Å². The molecular formula is C7H14N6. The third-order valence-corrected chi connectivity index (χ3v) is 1.68. The van der Waals surface area contributed by atoms with Gasteiger partial charge in [-0.15, -0.1) is 0 Å². The van der Waals surface area contributed by atoms with Crippen molar-refractivity contribution in [2.75, 3.05) is 17.7 Å². The lowest BCUT2D eigenvalue weighted by Gasteiger charge is -2.09. The molecule has 0 aliphatic carbocycles. The predicted molar refractivity (Wildman–Crippen MR) is 51.7 cm³/mol. The van der Waals surface area contributed by atoms with Crippen LogP contribution in [0.1, 0.15) is 11.4 Å². The number of rotatable bonds is 3. The van der Waals surface area contributed by atoms with Crippen molar-refractivity contribution in [3.8, 4) is 0 Å². The van der Waals surface area contributed by atoms with E-state index >= 15 is 0 Å². The fourth-order valence-electron chi connectivity index (χ4n) is 1.13. The van der Waals surface area contributed by atoms with Crippen LogP contribution >= 0.6 is 0 Å². The molecule has 1 aromatic rings. The Morgan fingerprint density at radius 3 is 2.62 bits per heavy atom.